The molecular weight excluding hydrogens is 258 g/mol. The molecule has 0 radical (unpaired) electrons. The molecule has 0 aliphatic carbocycles. The Labute approximate surface area is 130 Å². The van der Waals surface area contributed by atoms with Gasteiger partial charge in [-0.25, -0.2) is 0 Å². The fourth-order valence-corrected chi connectivity index (χ4v) is 2.51. The number of ether oxygens (including phenoxy) is 1. The average Bonchev–Trinajstić information content (AvgIpc) is 2.53. The van der Waals surface area contributed by atoms with Crippen molar-refractivity contribution < 1.29 is 4.74 Å². The number of nitrogens with zero attached hydrogens (tertiary/aromatic N) is 1. The average molecular weight is 289 g/mol. The molecule has 0 heterocycles. The lowest BCUT2D eigenvalue weighted by Crippen LogP contribution is -2.40. The number of hydrogen-bond acceptors (Lipinski definition) is 2. The minimum atomic E-state index is 0.643. The Kier molecular flexibility index (Phi) is 8.14. The molecule has 0 amide bonds. The Bertz CT molecular complexity index is 406. The van der Waals surface area contributed by atoms with Gasteiger partial charge in [0.2, 0.25) is 0 Å². The predicted molar refractivity (Wildman–Crippen MR) is 92.9 cm³/mol. The van der Waals surface area contributed by atoms with Crippen LogP contribution in [0.5, 0.6) is 5.75 Å². The van der Waals surface area contributed by atoms with E-state index in [1.807, 2.05) is 30.3 Å². The molecule has 0 aliphatic heterocycles. The third kappa shape index (κ3) is 5.92. The van der Waals surface area contributed by atoms with Gasteiger partial charge in [0.15, 0.2) is 0 Å². The summed E-state index contributed by atoms with van der Waals surface area (Å²) in [5.41, 5.74) is 1.10. The molecule has 2 atom stereocenters. The lowest BCUT2D eigenvalue weighted by Gasteiger charge is -2.33. The van der Waals surface area contributed by atoms with Crippen LogP contribution in [0.15, 0.2) is 30.8 Å². The van der Waals surface area contributed by atoms with Crippen LogP contribution in [-0.2, 0) is 0 Å². The van der Waals surface area contributed by atoms with E-state index in [2.05, 4.69) is 39.2 Å². The molecular formula is C19H31NO. The van der Waals surface area contributed by atoms with Crippen molar-refractivity contribution in [2.24, 2.45) is 0 Å². The Balaban J connectivity index is 2.41. The second kappa shape index (κ2) is 9.62. The first-order chi connectivity index (χ1) is 10.1. The molecule has 118 valence electrons. The van der Waals surface area contributed by atoms with Crippen molar-refractivity contribution in [2.45, 2.75) is 59.0 Å². The second-order valence-electron chi connectivity index (χ2n) is 5.73. The van der Waals surface area contributed by atoms with Crippen LogP contribution in [-0.4, -0.2) is 30.1 Å². The zero-order valence-electron chi connectivity index (χ0n) is 14.1. The van der Waals surface area contributed by atoms with E-state index in [9.17, 15) is 0 Å². The molecule has 0 saturated heterocycles. The van der Waals surface area contributed by atoms with Gasteiger partial charge in [-0.2, -0.15) is 0 Å². The summed E-state index contributed by atoms with van der Waals surface area (Å²) < 4.78 is 5.85. The van der Waals surface area contributed by atoms with Gasteiger partial charge < -0.3 is 4.74 Å². The van der Waals surface area contributed by atoms with Gasteiger partial charge in [0.25, 0.3) is 0 Å². The van der Waals surface area contributed by atoms with Crippen LogP contribution < -0.4 is 4.74 Å². The van der Waals surface area contributed by atoms with Gasteiger partial charge in [0, 0.05) is 18.6 Å². The van der Waals surface area contributed by atoms with Crippen LogP contribution >= 0.6 is 0 Å². The van der Waals surface area contributed by atoms with Crippen LogP contribution in [0, 0.1) is 0 Å². The van der Waals surface area contributed by atoms with Crippen molar-refractivity contribution in [3.05, 3.63) is 36.4 Å². The van der Waals surface area contributed by atoms with Gasteiger partial charge in [0.1, 0.15) is 5.75 Å². The lowest BCUT2D eigenvalue weighted by atomic mass is 10.1. The first-order valence-corrected chi connectivity index (χ1v) is 8.23. The first-order valence-electron chi connectivity index (χ1n) is 8.23. The maximum Gasteiger partial charge on any atom is 0.119 e. The molecule has 0 aliphatic rings. The number of benzene rings is 1. The lowest BCUT2D eigenvalue weighted by molar-refractivity contribution is 0.134. The zero-order chi connectivity index (χ0) is 15.7. The van der Waals surface area contributed by atoms with Crippen LogP contribution in [0.2, 0.25) is 0 Å². The second-order valence-corrected chi connectivity index (χ2v) is 5.73. The highest BCUT2D eigenvalue weighted by atomic mass is 16.5. The SMILES string of the molecule is C=Cc1cccc(OCCCN(C(C)CC)C(C)CC)c1. The smallest absolute Gasteiger partial charge is 0.119 e. The molecule has 2 unspecified atom stereocenters. The molecule has 2 heteroatoms. The molecule has 0 bridgehead atoms. The summed E-state index contributed by atoms with van der Waals surface area (Å²) in [4.78, 5) is 2.60. The molecule has 0 fully saturated rings. The van der Waals surface area contributed by atoms with Crippen molar-refractivity contribution in [2.75, 3.05) is 13.2 Å². The Morgan fingerprint density at radius 2 is 1.86 bits per heavy atom. The zero-order valence-corrected chi connectivity index (χ0v) is 14.1. The van der Waals surface area contributed by atoms with Crippen LogP contribution in [0.25, 0.3) is 6.08 Å². The van der Waals surface area contributed by atoms with Crippen LogP contribution in [0.3, 0.4) is 0 Å². The van der Waals surface area contributed by atoms with Gasteiger partial charge >= 0.3 is 0 Å². The molecule has 0 spiro atoms. The summed E-state index contributed by atoms with van der Waals surface area (Å²) in [5.74, 6) is 0.936. The van der Waals surface area contributed by atoms with E-state index < -0.39 is 0 Å². The molecule has 0 aromatic heterocycles. The number of hydrogen-bond donors (Lipinski definition) is 0. The minimum Gasteiger partial charge on any atom is -0.494 e. The largest absolute Gasteiger partial charge is 0.494 e. The standard InChI is InChI=1S/C19H31NO/c1-6-16(4)20(17(5)7-2)13-10-14-21-19-12-9-11-18(8-3)15-19/h8-9,11-12,15-17H,3,6-7,10,13-14H2,1-2,4-5H3. The van der Waals surface area contributed by atoms with E-state index in [4.69, 9.17) is 4.74 Å². The van der Waals surface area contributed by atoms with Crippen molar-refractivity contribution in [3.63, 3.8) is 0 Å². The van der Waals surface area contributed by atoms with E-state index in [1.165, 1.54) is 12.8 Å². The predicted octanol–water partition coefficient (Wildman–Crippen LogP) is 5.00. The molecule has 21 heavy (non-hydrogen) atoms. The minimum absolute atomic E-state index is 0.643. The molecule has 1 rings (SSSR count). The quantitative estimate of drug-likeness (QED) is 0.562. The molecule has 1 aromatic carbocycles. The van der Waals surface area contributed by atoms with Gasteiger partial charge in [-0.05, 0) is 50.8 Å². The molecule has 0 N–H and O–H groups in total. The maximum atomic E-state index is 5.85. The fraction of sp³-hybridized carbons (Fsp3) is 0.579. The van der Waals surface area contributed by atoms with Crippen molar-refractivity contribution in [1.29, 1.82) is 0 Å². The van der Waals surface area contributed by atoms with Crippen molar-refractivity contribution in [1.82, 2.24) is 4.90 Å². The Morgan fingerprint density at radius 3 is 2.43 bits per heavy atom. The highest BCUT2D eigenvalue weighted by molar-refractivity contribution is 5.49. The normalized spacial score (nSPS) is 14.0. The topological polar surface area (TPSA) is 12.5 Å². The Hall–Kier alpha value is -1.28. The van der Waals surface area contributed by atoms with Crippen LogP contribution in [0.1, 0.15) is 52.5 Å². The monoisotopic (exact) mass is 289 g/mol. The summed E-state index contributed by atoms with van der Waals surface area (Å²) in [6.45, 7) is 14.8. The summed E-state index contributed by atoms with van der Waals surface area (Å²) in [6.07, 6.45) is 5.31. The summed E-state index contributed by atoms with van der Waals surface area (Å²) >= 11 is 0. The summed E-state index contributed by atoms with van der Waals surface area (Å²) in [6, 6.07) is 9.38. The van der Waals surface area contributed by atoms with Gasteiger partial charge in [-0.15, -0.1) is 0 Å². The fourth-order valence-electron chi connectivity index (χ4n) is 2.51. The maximum absolute atomic E-state index is 5.85. The van der Waals surface area contributed by atoms with E-state index >= 15 is 0 Å². The number of rotatable bonds is 10. The first kappa shape index (κ1) is 17.8. The molecule has 2 nitrogen and oxygen atoms in total. The van der Waals surface area contributed by atoms with E-state index in [0.717, 1.165) is 30.9 Å². The summed E-state index contributed by atoms with van der Waals surface area (Å²) in [5, 5.41) is 0. The third-order valence-electron chi connectivity index (χ3n) is 4.24. The Morgan fingerprint density at radius 1 is 1.19 bits per heavy atom. The highest BCUT2D eigenvalue weighted by Crippen LogP contribution is 2.15. The van der Waals surface area contributed by atoms with Gasteiger partial charge in [-0.1, -0.05) is 38.6 Å². The van der Waals surface area contributed by atoms with E-state index in [0.29, 0.717) is 12.1 Å². The molecule has 0 saturated carbocycles. The van der Waals surface area contributed by atoms with Crippen molar-refractivity contribution in [3.8, 4) is 5.75 Å². The van der Waals surface area contributed by atoms with Gasteiger partial charge in [0.05, 0.1) is 6.61 Å². The summed E-state index contributed by atoms with van der Waals surface area (Å²) in [7, 11) is 0. The van der Waals surface area contributed by atoms with Crippen LogP contribution in [0.4, 0.5) is 0 Å². The molecule has 1 aromatic rings. The highest BCUT2D eigenvalue weighted by Gasteiger charge is 2.16. The van der Waals surface area contributed by atoms with E-state index in [1.54, 1.807) is 0 Å². The van der Waals surface area contributed by atoms with Crippen molar-refractivity contribution >= 4 is 6.08 Å². The van der Waals surface area contributed by atoms with Gasteiger partial charge in [-0.3, -0.25) is 4.90 Å². The third-order valence-corrected chi connectivity index (χ3v) is 4.24. The van der Waals surface area contributed by atoms with E-state index in [-0.39, 0.29) is 0 Å².